The van der Waals surface area contributed by atoms with Crippen LogP contribution in [-0.4, -0.2) is 24.0 Å². The highest BCUT2D eigenvalue weighted by molar-refractivity contribution is 6.30. The van der Waals surface area contributed by atoms with Gasteiger partial charge in [-0.05, 0) is 36.4 Å². The highest BCUT2D eigenvalue weighted by Crippen LogP contribution is 2.18. The highest BCUT2D eigenvalue weighted by Gasteiger charge is 2.17. The van der Waals surface area contributed by atoms with Crippen molar-refractivity contribution in [3.05, 3.63) is 69.0 Å². The van der Waals surface area contributed by atoms with Crippen molar-refractivity contribution in [2.24, 2.45) is 0 Å². The summed E-state index contributed by atoms with van der Waals surface area (Å²) in [6.45, 7) is 0.392. The van der Waals surface area contributed by atoms with E-state index >= 15 is 0 Å². The summed E-state index contributed by atoms with van der Waals surface area (Å²) in [6, 6.07) is 9.68. The minimum absolute atomic E-state index is 0.00425. The molecule has 0 aliphatic carbocycles. The zero-order valence-corrected chi connectivity index (χ0v) is 12.5. The van der Waals surface area contributed by atoms with Crippen LogP contribution in [0, 0.1) is 15.9 Å². The maximum Gasteiger partial charge on any atom is 0.305 e. The Bertz CT molecular complexity index is 722. The quantitative estimate of drug-likeness (QED) is 0.498. The van der Waals surface area contributed by atoms with E-state index in [1.165, 1.54) is 6.07 Å². The minimum Gasteiger partial charge on any atom is -0.492 e. The highest BCUT2D eigenvalue weighted by atomic mass is 35.5. The largest absolute Gasteiger partial charge is 0.492 e. The normalized spacial score (nSPS) is 10.2. The summed E-state index contributed by atoms with van der Waals surface area (Å²) in [5.41, 5.74) is -0.736. The lowest BCUT2D eigenvalue weighted by atomic mass is 10.2. The Morgan fingerprint density at radius 1 is 1.26 bits per heavy atom. The van der Waals surface area contributed by atoms with Crippen LogP contribution >= 0.6 is 11.6 Å². The number of hydrogen-bond acceptors (Lipinski definition) is 4. The maximum absolute atomic E-state index is 13.2. The monoisotopic (exact) mass is 338 g/mol. The van der Waals surface area contributed by atoms with Crippen molar-refractivity contribution in [2.75, 3.05) is 13.2 Å². The standard InChI is InChI=1S/C15H12ClFN2O4/c16-11-2-4-12(5-3-11)23-8-7-18-15(20)10-1-6-13(17)14(9-10)19(21)22/h1-6,9H,7-8H2,(H,18,20). The van der Waals surface area contributed by atoms with E-state index in [1.807, 2.05) is 0 Å². The Hall–Kier alpha value is -2.67. The maximum atomic E-state index is 13.2. The topological polar surface area (TPSA) is 81.5 Å². The molecule has 8 heteroatoms. The molecule has 0 bridgehead atoms. The molecule has 2 aromatic rings. The third-order valence-electron chi connectivity index (χ3n) is 2.88. The van der Waals surface area contributed by atoms with E-state index in [4.69, 9.17) is 16.3 Å². The van der Waals surface area contributed by atoms with Gasteiger partial charge in [0.25, 0.3) is 5.91 Å². The molecule has 1 amide bonds. The van der Waals surface area contributed by atoms with Crippen molar-refractivity contribution in [2.45, 2.75) is 0 Å². The summed E-state index contributed by atoms with van der Waals surface area (Å²) in [5, 5.41) is 13.8. The zero-order valence-electron chi connectivity index (χ0n) is 11.8. The van der Waals surface area contributed by atoms with Crippen LogP contribution < -0.4 is 10.1 Å². The molecule has 1 N–H and O–H groups in total. The van der Waals surface area contributed by atoms with E-state index in [1.54, 1.807) is 24.3 Å². The minimum atomic E-state index is -0.988. The van der Waals surface area contributed by atoms with Gasteiger partial charge in [0.2, 0.25) is 5.82 Å². The molecule has 0 saturated heterocycles. The fourth-order valence-corrected chi connectivity index (χ4v) is 1.89. The first-order valence-corrected chi connectivity index (χ1v) is 6.95. The van der Waals surface area contributed by atoms with Crippen LogP contribution in [0.15, 0.2) is 42.5 Å². The summed E-state index contributed by atoms with van der Waals surface area (Å²) in [6.07, 6.45) is 0. The van der Waals surface area contributed by atoms with Crippen molar-refractivity contribution in [1.29, 1.82) is 0 Å². The van der Waals surface area contributed by atoms with Crippen molar-refractivity contribution in [3.63, 3.8) is 0 Å². The van der Waals surface area contributed by atoms with Crippen LogP contribution in [0.4, 0.5) is 10.1 Å². The van der Waals surface area contributed by atoms with Crippen molar-refractivity contribution < 1.29 is 18.8 Å². The van der Waals surface area contributed by atoms with Crippen LogP contribution in [0.3, 0.4) is 0 Å². The molecule has 120 valence electrons. The number of halogens is 2. The Morgan fingerprint density at radius 3 is 2.61 bits per heavy atom. The molecule has 0 aliphatic rings. The van der Waals surface area contributed by atoms with Gasteiger partial charge >= 0.3 is 5.69 Å². The number of nitrogens with zero attached hydrogens (tertiary/aromatic N) is 1. The summed E-state index contributed by atoms with van der Waals surface area (Å²) >= 11 is 5.74. The number of benzene rings is 2. The molecule has 0 radical (unpaired) electrons. The molecule has 2 rings (SSSR count). The fraction of sp³-hybridized carbons (Fsp3) is 0.133. The van der Waals surface area contributed by atoms with Gasteiger partial charge in [-0.1, -0.05) is 11.6 Å². The summed E-state index contributed by atoms with van der Waals surface area (Å²) < 4.78 is 18.6. The van der Waals surface area contributed by atoms with Gasteiger partial charge in [-0.3, -0.25) is 14.9 Å². The Labute approximate surface area is 136 Å². The molecule has 0 aliphatic heterocycles. The molecular weight excluding hydrogens is 327 g/mol. The molecule has 6 nitrogen and oxygen atoms in total. The van der Waals surface area contributed by atoms with Crippen LogP contribution in [0.2, 0.25) is 5.02 Å². The number of nitrogens with one attached hydrogen (secondary N) is 1. The van der Waals surface area contributed by atoms with Crippen LogP contribution in [0.1, 0.15) is 10.4 Å². The van der Waals surface area contributed by atoms with Gasteiger partial charge in [0, 0.05) is 16.7 Å². The van der Waals surface area contributed by atoms with Crippen LogP contribution in [0.25, 0.3) is 0 Å². The molecule has 0 saturated carbocycles. The van der Waals surface area contributed by atoms with Gasteiger partial charge in [-0.2, -0.15) is 4.39 Å². The number of hydrogen-bond donors (Lipinski definition) is 1. The molecule has 0 fully saturated rings. The van der Waals surface area contributed by atoms with E-state index in [0.717, 1.165) is 12.1 Å². The first kappa shape index (κ1) is 16.7. The Kier molecular flexibility index (Phi) is 5.48. The van der Waals surface area contributed by atoms with E-state index in [2.05, 4.69) is 5.32 Å². The number of nitro benzene ring substituents is 1. The van der Waals surface area contributed by atoms with Gasteiger partial charge in [-0.25, -0.2) is 0 Å². The molecule has 0 unspecified atom stereocenters. The first-order valence-electron chi connectivity index (χ1n) is 6.58. The number of amides is 1. The van der Waals surface area contributed by atoms with Crippen molar-refractivity contribution in [1.82, 2.24) is 5.32 Å². The lowest BCUT2D eigenvalue weighted by Gasteiger charge is -2.08. The number of carbonyl (C=O) groups is 1. The third kappa shape index (κ3) is 4.65. The molecule has 2 aromatic carbocycles. The van der Waals surface area contributed by atoms with Gasteiger partial charge in [-0.15, -0.1) is 0 Å². The first-order chi connectivity index (χ1) is 11.0. The lowest BCUT2D eigenvalue weighted by molar-refractivity contribution is -0.387. The molecule has 23 heavy (non-hydrogen) atoms. The second kappa shape index (κ2) is 7.55. The number of ether oxygens (including phenoxy) is 1. The molecule has 0 aromatic heterocycles. The van der Waals surface area contributed by atoms with Crippen LogP contribution in [0.5, 0.6) is 5.75 Å². The summed E-state index contributed by atoms with van der Waals surface area (Å²) in [4.78, 5) is 21.6. The van der Waals surface area contributed by atoms with E-state index in [9.17, 15) is 19.3 Å². The van der Waals surface area contributed by atoms with Gasteiger partial charge < -0.3 is 10.1 Å². The van der Waals surface area contributed by atoms with E-state index < -0.39 is 22.3 Å². The van der Waals surface area contributed by atoms with Gasteiger partial charge in [0.05, 0.1) is 11.5 Å². The van der Waals surface area contributed by atoms with Crippen LogP contribution in [-0.2, 0) is 0 Å². The summed E-state index contributed by atoms with van der Waals surface area (Å²) in [5.74, 6) is -0.938. The van der Waals surface area contributed by atoms with Gasteiger partial charge in [0.1, 0.15) is 12.4 Å². The smallest absolute Gasteiger partial charge is 0.305 e. The third-order valence-corrected chi connectivity index (χ3v) is 3.13. The molecule has 0 heterocycles. The SMILES string of the molecule is O=C(NCCOc1ccc(Cl)cc1)c1ccc(F)c([N+](=O)[O-])c1. The second-order valence-corrected chi connectivity index (χ2v) is 4.92. The predicted molar refractivity (Wildman–Crippen MR) is 82.3 cm³/mol. The van der Waals surface area contributed by atoms with Gasteiger partial charge in [0.15, 0.2) is 0 Å². The van der Waals surface area contributed by atoms with E-state index in [-0.39, 0.29) is 18.7 Å². The zero-order chi connectivity index (χ0) is 16.8. The van der Waals surface area contributed by atoms with Crippen molar-refractivity contribution in [3.8, 4) is 5.75 Å². The number of rotatable bonds is 6. The average molecular weight is 339 g/mol. The fourth-order valence-electron chi connectivity index (χ4n) is 1.76. The van der Waals surface area contributed by atoms with E-state index in [0.29, 0.717) is 10.8 Å². The second-order valence-electron chi connectivity index (χ2n) is 4.48. The number of carbonyl (C=O) groups excluding carboxylic acids is 1. The predicted octanol–water partition coefficient (Wildman–Crippen LogP) is 3.20. The van der Waals surface area contributed by atoms with Crippen molar-refractivity contribution >= 4 is 23.2 Å². The molecule has 0 spiro atoms. The lowest BCUT2D eigenvalue weighted by Crippen LogP contribution is -2.28. The number of nitro groups is 1. The summed E-state index contributed by atoms with van der Waals surface area (Å²) in [7, 11) is 0. The molecular formula is C15H12ClFN2O4. The Balaban J connectivity index is 1.86. The molecule has 0 atom stereocenters. The average Bonchev–Trinajstić information content (AvgIpc) is 2.53. The Morgan fingerprint density at radius 2 is 1.96 bits per heavy atom.